The Bertz CT molecular complexity index is 1690. The molecule has 1 aliphatic rings. The lowest BCUT2D eigenvalue weighted by atomic mass is 9.95. The van der Waals surface area contributed by atoms with Crippen molar-refractivity contribution in [3.63, 3.8) is 0 Å². The van der Waals surface area contributed by atoms with Crippen LogP contribution in [0.4, 0.5) is 0 Å². The van der Waals surface area contributed by atoms with Crippen molar-refractivity contribution in [2.45, 2.75) is 46.8 Å². The maximum atomic E-state index is 14.0. The summed E-state index contributed by atoms with van der Waals surface area (Å²) in [7, 11) is 1.53. The van der Waals surface area contributed by atoms with Crippen LogP contribution in [-0.4, -0.2) is 36.3 Å². The van der Waals surface area contributed by atoms with E-state index in [0.717, 1.165) is 4.47 Å². The molecular formula is C29H29BrN2O7S. The number of methoxy groups -OCH3 is 1. The minimum atomic E-state index is -0.824. The van der Waals surface area contributed by atoms with Gasteiger partial charge in [-0.2, -0.15) is 0 Å². The highest BCUT2D eigenvalue weighted by molar-refractivity contribution is 9.10. The number of thiazole rings is 1. The van der Waals surface area contributed by atoms with Crippen molar-refractivity contribution in [1.29, 1.82) is 0 Å². The predicted molar refractivity (Wildman–Crippen MR) is 155 cm³/mol. The van der Waals surface area contributed by atoms with Gasteiger partial charge in [-0.25, -0.2) is 9.79 Å². The van der Waals surface area contributed by atoms with Gasteiger partial charge in [0.2, 0.25) is 0 Å². The number of carbonyl (C=O) groups excluding carboxylic acids is 2. The second-order valence-corrected chi connectivity index (χ2v) is 11.1. The van der Waals surface area contributed by atoms with Gasteiger partial charge in [0, 0.05) is 17.0 Å². The van der Waals surface area contributed by atoms with E-state index in [-0.39, 0.29) is 23.8 Å². The van der Waals surface area contributed by atoms with E-state index in [9.17, 15) is 14.4 Å². The summed E-state index contributed by atoms with van der Waals surface area (Å²) in [5.74, 6) is 0.276. The molecule has 4 rings (SSSR count). The quantitative estimate of drug-likeness (QED) is 0.271. The number of carbonyl (C=O) groups is 2. The molecule has 0 saturated carbocycles. The zero-order chi connectivity index (χ0) is 29.1. The molecule has 40 heavy (non-hydrogen) atoms. The van der Waals surface area contributed by atoms with Crippen molar-refractivity contribution in [3.8, 4) is 17.2 Å². The fraction of sp³-hybridized carbons (Fsp3) is 0.310. The van der Waals surface area contributed by atoms with E-state index >= 15 is 0 Å². The molecule has 11 heteroatoms. The van der Waals surface area contributed by atoms with Crippen molar-refractivity contribution in [2.75, 3.05) is 13.7 Å². The molecule has 0 unspecified atom stereocenters. The third-order valence-electron chi connectivity index (χ3n) is 5.90. The number of allylic oxidation sites excluding steroid dienone is 1. The number of aromatic nitrogens is 1. The van der Waals surface area contributed by atoms with E-state index in [2.05, 4.69) is 20.9 Å². The van der Waals surface area contributed by atoms with E-state index in [0.29, 0.717) is 43.4 Å². The molecule has 1 atom stereocenters. The van der Waals surface area contributed by atoms with E-state index in [1.165, 1.54) is 29.9 Å². The number of hydrogen-bond acceptors (Lipinski definition) is 9. The van der Waals surface area contributed by atoms with Crippen LogP contribution >= 0.6 is 27.3 Å². The Morgan fingerprint density at radius 2 is 1.88 bits per heavy atom. The Labute approximate surface area is 243 Å². The summed E-state index contributed by atoms with van der Waals surface area (Å²) < 4.78 is 24.8. The average molecular weight is 630 g/mol. The van der Waals surface area contributed by atoms with Crippen LogP contribution in [0.25, 0.3) is 6.08 Å². The lowest BCUT2D eigenvalue weighted by molar-refractivity contribution is -0.139. The summed E-state index contributed by atoms with van der Waals surface area (Å²) >= 11 is 4.60. The van der Waals surface area contributed by atoms with Crippen LogP contribution in [0.1, 0.15) is 51.8 Å². The SMILES string of the molecule is CCOC(=O)C1=C(C)N=c2s/c(=C/c3cc(Br)ccc3OC(C)=O)c(=O)n2[C@H]1c1ccc(OC(C)C)c(OC)c1. The average Bonchev–Trinajstić information content (AvgIpc) is 3.18. The molecule has 0 radical (unpaired) electrons. The predicted octanol–water partition coefficient (Wildman–Crippen LogP) is 4.28. The molecule has 0 saturated heterocycles. The number of nitrogens with zero attached hydrogens (tertiary/aromatic N) is 2. The molecule has 0 spiro atoms. The number of esters is 2. The Hall–Kier alpha value is -3.70. The van der Waals surface area contributed by atoms with Gasteiger partial charge in [0.25, 0.3) is 5.56 Å². The van der Waals surface area contributed by atoms with Gasteiger partial charge in [-0.3, -0.25) is 14.2 Å². The number of ether oxygens (including phenoxy) is 4. The standard InChI is InChI=1S/C29H29BrN2O7S/c1-7-37-28(35)25-16(4)31-29-32(26(25)18-8-10-22(38-15(2)3)23(13-18)36-6)27(34)24(40-29)14-19-12-20(30)9-11-21(19)39-17(5)33/h8-15,26H,7H2,1-6H3/b24-14+/t26-/m0/s1. The molecule has 0 bridgehead atoms. The molecule has 0 aliphatic carbocycles. The van der Waals surface area contributed by atoms with Gasteiger partial charge >= 0.3 is 11.9 Å². The first-order valence-corrected chi connectivity index (χ1v) is 14.2. The Kier molecular flexibility index (Phi) is 8.95. The molecule has 210 valence electrons. The Morgan fingerprint density at radius 3 is 2.52 bits per heavy atom. The van der Waals surface area contributed by atoms with Crippen LogP contribution in [0, 0.1) is 0 Å². The fourth-order valence-corrected chi connectivity index (χ4v) is 5.75. The summed E-state index contributed by atoms with van der Waals surface area (Å²) in [5.41, 5.74) is 1.49. The molecule has 2 aromatic carbocycles. The van der Waals surface area contributed by atoms with Gasteiger partial charge in [0.05, 0.1) is 41.7 Å². The number of benzene rings is 2. The van der Waals surface area contributed by atoms with E-state index in [1.54, 1.807) is 56.3 Å². The van der Waals surface area contributed by atoms with E-state index in [1.807, 2.05) is 13.8 Å². The van der Waals surface area contributed by atoms with Gasteiger partial charge < -0.3 is 18.9 Å². The smallest absolute Gasteiger partial charge is 0.338 e. The van der Waals surface area contributed by atoms with Gasteiger partial charge in [-0.15, -0.1) is 0 Å². The summed E-state index contributed by atoms with van der Waals surface area (Å²) in [6.07, 6.45) is 1.57. The largest absolute Gasteiger partial charge is 0.493 e. The zero-order valence-corrected chi connectivity index (χ0v) is 25.3. The number of hydrogen-bond donors (Lipinski definition) is 0. The molecule has 0 N–H and O–H groups in total. The fourth-order valence-electron chi connectivity index (χ4n) is 4.33. The molecule has 0 fully saturated rings. The first-order valence-electron chi connectivity index (χ1n) is 12.6. The Balaban J connectivity index is 1.96. The van der Waals surface area contributed by atoms with Crippen LogP contribution < -0.4 is 29.1 Å². The second-order valence-electron chi connectivity index (χ2n) is 9.15. The van der Waals surface area contributed by atoms with E-state index in [4.69, 9.17) is 18.9 Å². The first kappa shape index (κ1) is 29.3. The van der Waals surface area contributed by atoms with E-state index < -0.39 is 18.0 Å². The van der Waals surface area contributed by atoms with Gasteiger partial charge in [0.1, 0.15) is 5.75 Å². The van der Waals surface area contributed by atoms with Crippen molar-refractivity contribution in [3.05, 3.63) is 83.0 Å². The van der Waals surface area contributed by atoms with Gasteiger partial charge in [-0.05, 0) is 69.7 Å². The lowest BCUT2D eigenvalue weighted by Gasteiger charge is -2.25. The highest BCUT2D eigenvalue weighted by Gasteiger charge is 2.34. The second kappa shape index (κ2) is 12.2. The highest BCUT2D eigenvalue weighted by Crippen LogP contribution is 2.36. The van der Waals surface area contributed by atoms with Crippen molar-refractivity contribution >= 4 is 45.3 Å². The third kappa shape index (κ3) is 6.05. The van der Waals surface area contributed by atoms with Crippen LogP contribution in [0.2, 0.25) is 0 Å². The van der Waals surface area contributed by atoms with Crippen molar-refractivity contribution in [2.24, 2.45) is 4.99 Å². The molecule has 9 nitrogen and oxygen atoms in total. The lowest BCUT2D eigenvalue weighted by Crippen LogP contribution is -2.40. The minimum absolute atomic E-state index is 0.0791. The first-order chi connectivity index (χ1) is 19.0. The molecule has 0 amide bonds. The minimum Gasteiger partial charge on any atom is -0.493 e. The number of fused-ring (bicyclic) bond motifs is 1. The van der Waals surface area contributed by atoms with Crippen molar-refractivity contribution in [1.82, 2.24) is 4.57 Å². The number of rotatable bonds is 8. The molecular weight excluding hydrogens is 600 g/mol. The van der Waals surface area contributed by atoms with Crippen molar-refractivity contribution < 1.29 is 28.5 Å². The van der Waals surface area contributed by atoms with Gasteiger partial charge in [-0.1, -0.05) is 33.3 Å². The van der Waals surface area contributed by atoms with Crippen LogP contribution in [0.5, 0.6) is 17.2 Å². The van der Waals surface area contributed by atoms with Gasteiger partial charge in [0.15, 0.2) is 16.3 Å². The molecule has 3 aromatic rings. The third-order valence-corrected chi connectivity index (χ3v) is 7.37. The maximum Gasteiger partial charge on any atom is 0.338 e. The maximum absolute atomic E-state index is 14.0. The molecule has 1 aliphatic heterocycles. The summed E-state index contributed by atoms with van der Waals surface area (Å²) in [6.45, 7) is 8.74. The molecule has 2 heterocycles. The molecule has 1 aromatic heterocycles. The highest BCUT2D eigenvalue weighted by atomic mass is 79.9. The zero-order valence-electron chi connectivity index (χ0n) is 22.9. The number of halogens is 1. The van der Waals surface area contributed by atoms with Crippen LogP contribution in [-0.2, 0) is 14.3 Å². The monoisotopic (exact) mass is 628 g/mol. The van der Waals surface area contributed by atoms with Crippen LogP contribution in [0.15, 0.2) is 61.9 Å². The van der Waals surface area contributed by atoms with Crippen LogP contribution in [0.3, 0.4) is 0 Å². The summed E-state index contributed by atoms with van der Waals surface area (Å²) in [5, 5.41) is 0. The Morgan fingerprint density at radius 1 is 1.15 bits per heavy atom. The topological polar surface area (TPSA) is 105 Å². The normalized spacial score (nSPS) is 15.0. The summed E-state index contributed by atoms with van der Waals surface area (Å²) in [4.78, 5) is 43.8. The summed E-state index contributed by atoms with van der Waals surface area (Å²) in [6, 6.07) is 9.63.